The first-order valence-corrected chi connectivity index (χ1v) is 4.98. The van der Waals surface area contributed by atoms with Crippen molar-refractivity contribution in [3.05, 3.63) is 0 Å². The molecule has 0 bridgehead atoms. The molecule has 0 radical (unpaired) electrons. The lowest BCUT2D eigenvalue weighted by molar-refractivity contribution is 0.166. The van der Waals surface area contributed by atoms with Crippen LogP contribution in [0.1, 0.15) is 25.7 Å². The molecular weight excluding hydrogens is 180 g/mol. The summed E-state index contributed by atoms with van der Waals surface area (Å²) in [5, 5.41) is 8.51. The van der Waals surface area contributed by atoms with Gasteiger partial charge in [-0.05, 0) is 26.9 Å². The summed E-state index contributed by atoms with van der Waals surface area (Å²) in [5.74, 6) is 0.0955. The number of nitrogens with zero attached hydrogens (tertiary/aromatic N) is 2. The molecule has 1 saturated carbocycles. The van der Waals surface area contributed by atoms with Gasteiger partial charge in [0.25, 0.3) is 0 Å². The number of likely N-dealkylation sites (N-methyl/N-ethyl adjacent to an activating group) is 1. The highest BCUT2D eigenvalue weighted by atomic mass is 16.5. The van der Waals surface area contributed by atoms with Crippen molar-refractivity contribution in [1.29, 1.82) is 0 Å². The van der Waals surface area contributed by atoms with Crippen LogP contribution in [0, 0.1) is 0 Å². The second-order valence-electron chi connectivity index (χ2n) is 4.14. The molecule has 1 aliphatic rings. The summed E-state index contributed by atoms with van der Waals surface area (Å²) in [7, 11) is 4.15. The summed E-state index contributed by atoms with van der Waals surface area (Å²) < 4.78 is 0. The van der Waals surface area contributed by atoms with Gasteiger partial charge in [0, 0.05) is 5.54 Å². The van der Waals surface area contributed by atoms with E-state index < -0.39 is 0 Å². The number of nitrogens with one attached hydrogen (secondary N) is 1. The molecule has 1 aliphatic carbocycles. The Hall–Kier alpha value is -0.810. The van der Waals surface area contributed by atoms with Crippen LogP contribution >= 0.6 is 0 Å². The molecule has 5 nitrogen and oxygen atoms in total. The van der Waals surface area contributed by atoms with E-state index in [0.717, 1.165) is 12.8 Å². The molecule has 0 heterocycles. The number of aliphatic imine (C=N–C) groups is 1. The average Bonchev–Trinajstić information content (AvgIpc) is 2.64. The Morgan fingerprint density at radius 3 is 2.50 bits per heavy atom. The van der Waals surface area contributed by atoms with Crippen molar-refractivity contribution in [3.8, 4) is 0 Å². The SMILES string of the molecule is CN(C)C1(CN=C(N)NO)CCCC1. The minimum Gasteiger partial charge on any atom is -0.368 e. The second kappa shape index (κ2) is 4.61. The first-order valence-electron chi connectivity index (χ1n) is 4.98. The molecule has 0 aromatic rings. The number of rotatable bonds is 3. The van der Waals surface area contributed by atoms with Gasteiger partial charge < -0.3 is 10.6 Å². The Balaban J connectivity index is 2.61. The number of guanidine groups is 1. The maximum Gasteiger partial charge on any atom is 0.212 e. The predicted molar refractivity (Wildman–Crippen MR) is 56.3 cm³/mol. The van der Waals surface area contributed by atoms with E-state index in [-0.39, 0.29) is 11.5 Å². The van der Waals surface area contributed by atoms with Gasteiger partial charge in [0.1, 0.15) is 0 Å². The summed E-state index contributed by atoms with van der Waals surface area (Å²) in [5.41, 5.74) is 7.38. The monoisotopic (exact) mass is 200 g/mol. The molecular formula is C9H20N4O. The van der Waals surface area contributed by atoms with E-state index in [1.54, 1.807) is 0 Å². The van der Waals surface area contributed by atoms with Gasteiger partial charge in [-0.15, -0.1) is 0 Å². The molecule has 0 aliphatic heterocycles. The van der Waals surface area contributed by atoms with Crippen LogP contribution in [-0.4, -0.2) is 42.2 Å². The maximum absolute atomic E-state index is 8.51. The molecule has 1 rings (SSSR count). The summed E-state index contributed by atoms with van der Waals surface area (Å²) in [6, 6.07) is 0. The number of hydrogen-bond acceptors (Lipinski definition) is 3. The quantitative estimate of drug-likeness (QED) is 0.344. The predicted octanol–water partition coefficient (Wildman–Crippen LogP) is 0.154. The number of nitrogens with two attached hydrogens (primary N) is 1. The molecule has 0 amide bonds. The van der Waals surface area contributed by atoms with Crippen molar-refractivity contribution in [1.82, 2.24) is 10.4 Å². The highest BCUT2D eigenvalue weighted by molar-refractivity contribution is 5.76. The van der Waals surface area contributed by atoms with E-state index in [4.69, 9.17) is 10.9 Å². The van der Waals surface area contributed by atoms with E-state index >= 15 is 0 Å². The van der Waals surface area contributed by atoms with Crippen molar-refractivity contribution in [2.24, 2.45) is 10.7 Å². The van der Waals surface area contributed by atoms with Crippen molar-refractivity contribution in [2.75, 3.05) is 20.6 Å². The Labute approximate surface area is 84.9 Å². The largest absolute Gasteiger partial charge is 0.368 e. The second-order valence-corrected chi connectivity index (χ2v) is 4.14. The van der Waals surface area contributed by atoms with E-state index in [2.05, 4.69) is 24.0 Å². The lowest BCUT2D eigenvalue weighted by Gasteiger charge is -2.34. The van der Waals surface area contributed by atoms with Gasteiger partial charge in [0.2, 0.25) is 5.96 Å². The van der Waals surface area contributed by atoms with Crippen LogP contribution in [0.5, 0.6) is 0 Å². The topological polar surface area (TPSA) is 73.9 Å². The fourth-order valence-electron chi connectivity index (χ4n) is 2.05. The Morgan fingerprint density at radius 1 is 1.50 bits per heavy atom. The fourth-order valence-corrected chi connectivity index (χ4v) is 2.05. The molecule has 0 aromatic heterocycles. The molecule has 0 spiro atoms. The van der Waals surface area contributed by atoms with E-state index in [1.807, 2.05) is 5.48 Å². The fraction of sp³-hybridized carbons (Fsp3) is 0.889. The van der Waals surface area contributed by atoms with Gasteiger partial charge in [-0.1, -0.05) is 12.8 Å². The first-order chi connectivity index (χ1) is 6.60. The smallest absolute Gasteiger partial charge is 0.212 e. The van der Waals surface area contributed by atoms with Crippen LogP contribution in [0.4, 0.5) is 0 Å². The van der Waals surface area contributed by atoms with Crippen LogP contribution < -0.4 is 11.2 Å². The molecule has 0 unspecified atom stereocenters. The number of hydrogen-bond donors (Lipinski definition) is 3. The maximum atomic E-state index is 8.51. The highest BCUT2D eigenvalue weighted by Crippen LogP contribution is 2.33. The molecule has 0 aromatic carbocycles. The van der Waals surface area contributed by atoms with E-state index in [0.29, 0.717) is 6.54 Å². The standard InChI is InChI=1S/C9H20N4O/c1-13(2)9(5-3-4-6-9)7-11-8(10)12-14/h14H,3-7H2,1-2H3,(H3,10,11,12). The average molecular weight is 200 g/mol. The van der Waals surface area contributed by atoms with E-state index in [9.17, 15) is 0 Å². The van der Waals surface area contributed by atoms with Gasteiger partial charge in [0.15, 0.2) is 0 Å². The van der Waals surface area contributed by atoms with Crippen LogP contribution in [0.2, 0.25) is 0 Å². The lowest BCUT2D eigenvalue weighted by Crippen LogP contribution is -2.45. The zero-order chi connectivity index (χ0) is 10.6. The zero-order valence-electron chi connectivity index (χ0n) is 8.95. The number of hydroxylamine groups is 1. The minimum absolute atomic E-state index is 0.0955. The Bertz CT molecular complexity index is 209. The summed E-state index contributed by atoms with van der Waals surface area (Å²) >= 11 is 0. The normalized spacial score (nSPS) is 21.6. The van der Waals surface area contributed by atoms with Crippen molar-refractivity contribution >= 4 is 5.96 Å². The molecule has 0 saturated heterocycles. The van der Waals surface area contributed by atoms with Gasteiger partial charge in [-0.2, -0.15) is 0 Å². The zero-order valence-corrected chi connectivity index (χ0v) is 8.95. The van der Waals surface area contributed by atoms with E-state index in [1.165, 1.54) is 12.8 Å². The van der Waals surface area contributed by atoms with Crippen molar-refractivity contribution in [2.45, 2.75) is 31.2 Å². The molecule has 0 atom stereocenters. The highest BCUT2D eigenvalue weighted by Gasteiger charge is 2.35. The molecule has 14 heavy (non-hydrogen) atoms. The summed E-state index contributed by atoms with van der Waals surface area (Å²) in [6.45, 7) is 0.652. The molecule has 1 fully saturated rings. The third kappa shape index (κ3) is 2.36. The summed E-state index contributed by atoms with van der Waals surface area (Å²) in [6.07, 6.45) is 4.81. The Morgan fingerprint density at radius 2 is 2.07 bits per heavy atom. The van der Waals surface area contributed by atoms with Gasteiger partial charge in [-0.3, -0.25) is 5.21 Å². The van der Waals surface area contributed by atoms with Crippen LogP contribution in [0.3, 0.4) is 0 Å². The van der Waals surface area contributed by atoms with Gasteiger partial charge >= 0.3 is 0 Å². The van der Waals surface area contributed by atoms with Gasteiger partial charge in [-0.25, -0.2) is 10.5 Å². The molecule has 5 heteroatoms. The lowest BCUT2D eigenvalue weighted by atomic mass is 9.96. The van der Waals surface area contributed by atoms with Crippen molar-refractivity contribution < 1.29 is 5.21 Å². The van der Waals surface area contributed by atoms with Crippen LogP contribution in [0.25, 0.3) is 0 Å². The van der Waals surface area contributed by atoms with Crippen molar-refractivity contribution in [3.63, 3.8) is 0 Å². The molecule has 82 valence electrons. The minimum atomic E-state index is 0.0955. The van der Waals surface area contributed by atoms with Gasteiger partial charge in [0.05, 0.1) is 6.54 Å². The van der Waals surface area contributed by atoms with Crippen LogP contribution in [-0.2, 0) is 0 Å². The summed E-state index contributed by atoms with van der Waals surface area (Å²) in [4.78, 5) is 6.33. The molecule has 4 N–H and O–H groups in total. The third-order valence-electron chi connectivity index (χ3n) is 3.14. The first kappa shape index (κ1) is 11.3. The Kier molecular flexibility index (Phi) is 3.71. The van der Waals surface area contributed by atoms with Crippen LogP contribution in [0.15, 0.2) is 4.99 Å². The third-order valence-corrected chi connectivity index (χ3v) is 3.14.